The van der Waals surface area contributed by atoms with E-state index in [2.05, 4.69) is 4.98 Å². The highest BCUT2D eigenvalue weighted by Crippen LogP contribution is 2.36. The highest BCUT2D eigenvalue weighted by atomic mass is 32.1. The number of allylic oxidation sites excluding steroid dienone is 2. The Morgan fingerprint density at radius 3 is 2.83 bits per heavy atom. The molecular formula is C16H20N2O4S. The number of aliphatic carboxylic acids is 1. The van der Waals surface area contributed by atoms with Crippen LogP contribution in [-0.4, -0.2) is 46.1 Å². The van der Waals surface area contributed by atoms with Gasteiger partial charge < -0.3 is 14.7 Å². The molecule has 2 aliphatic rings. The van der Waals surface area contributed by atoms with E-state index in [1.54, 1.807) is 28.4 Å². The van der Waals surface area contributed by atoms with Crippen molar-refractivity contribution in [1.29, 1.82) is 0 Å². The fourth-order valence-corrected chi connectivity index (χ4v) is 3.79. The van der Waals surface area contributed by atoms with Gasteiger partial charge in [-0.25, -0.2) is 4.98 Å². The van der Waals surface area contributed by atoms with Gasteiger partial charge in [0.15, 0.2) is 5.41 Å². The first kappa shape index (κ1) is 16.1. The number of nitrogens with zero attached hydrogens (tertiary/aromatic N) is 2. The Morgan fingerprint density at radius 1 is 1.48 bits per heavy atom. The van der Waals surface area contributed by atoms with Gasteiger partial charge in [0.25, 0.3) is 0 Å². The molecular weight excluding hydrogens is 316 g/mol. The summed E-state index contributed by atoms with van der Waals surface area (Å²) in [6.45, 7) is 3.39. The molecule has 0 radical (unpaired) electrons. The molecule has 1 unspecified atom stereocenters. The number of carboxylic acid groups (broad SMARTS) is 1. The van der Waals surface area contributed by atoms with Crippen molar-refractivity contribution in [2.45, 2.75) is 38.9 Å². The standard InChI is InChI=1S/C16H20N2O4S/c1-11-10-23-13(17-11)9-22-12-4-7-18(8-12)14(19)16(15(20)21)5-2-3-6-16/h2-3,10,12H,4-9H2,1H3,(H,20,21). The molecule has 124 valence electrons. The predicted octanol–water partition coefficient (Wildman–Crippen LogP) is 1.99. The van der Waals surface area contributed by atoms with Crippen LogP contribution in [0.5, 0.6) is 0 Å². The van der Waals surface area contributed by atoms with E-state index in [9.17, 15) is 14.7 Å². The summed E-state index contributed by atoms with van der Waals surface area (Å²) >= 11 is 1.56. The zero-order chi connectivity index (χ0) is 16.4. The van der Waals surface area contributed by atoms with Gasteiger partial charge in [-0.2, -0.15) is 0 Å². The van der Waals surface area contributed by atoms with Crippen LogP contribution in [0, 0.1) is 12.3 Å². The minimum absolute atomic E-state index is 0.0524. The second-order valence-electron chi connectivity index (χ2n) is 6.12. The summed E-state index contributed by atoms with van der Waals surface area (Å²) in [5.41, 5.74) is -0.324. The average Bonchev–Trinajstić information content (AvgIpc) is 3.25. The number of amides is 1. The maximum Gasteiger partial charge on any atom is 0.319 e. The SMILES string of the molecule is Cc1csc(COC2CCN(C(=O)C3(C(=O)O)CC=CC3)C2)n1. The topological polar surface area (TPSA) is 79.7 Å². The minimum atomic E-state index is -1.30. The molecule has 0 bridgehead atoms. The molecule has 1 saturated heterocycles. The number of hydrogen-bond acceptors (Lipinski definition) is 5. The Balaban J connectivity index is 1.56. The summed E-state index contributed by atoms with van der Waals surface area (Å²) in [5, 5.41) is 12.4. The Bertz CT molecular complexity index is 632. The van der Waals surface area contributed by atoms with E-state index in [1.165, 1.54) is 0 Å². The van der Waals surface area contributed by atoms with Gasteiger partial charge in [-0.1, -0.05) is 12.2 Å². The summed E-state index contributed by atoms with van der Waals surface area (Å²) < 4.78 is 5.83. The third-order valence-corrected chi connectivity index (χ3v) is 5.40. The van der Waals surface area contributed by atoms with Crippen LogP contribution in [0.2, 0.25) is 0 Å². The Morgan fingerprint density at radius 2 is 2.22 bits per heavy atom. The Labute approximate surface area is 138 Å². The second-order valence-corrected chi connectivity index (χ2v) is 7.07. The number of rotatable bonds is 5. The highest BCUT2D eigenvalue weighted by Gasteiger charge is 2.49. The van der Waals surface area contributed by atoms with Gasteiger partial charge in [-0.3, -0.25) is 9.59 Å². The molecule has 1 amide bonds. The number of carbonyl (C=O) groups is 2. The lowest BCUT2D eigenvalue weighted by Crippen LogP contribution is -2.46. The van der Waals surface area contributed by atoms with Crippen molar-refractivity contribution < 1.29 is 19.4 Å². The first-order valence-electron chi connectivity index (χ1n) is 7.71. The summed E-state index contributed by atoms with van der Waals surface area (Å²) in [6.07, 6.45) is 4.80. The number of aryl methyl sites for hydroxylation is 1. The van der Waals surface area contributed by atoms with Gasteiger partial charge in [0.1, 0.15) is 5.01 Å². The van der Waals surface area contributed by atoms with Crippen molar-refractivity contribution in [2.75, 3.05) is 13.1 Å². The van der Waals surface area contributed by atoms with Gasteiger partial charge in [-0.05, 0) is 26.2 Å². The Hall–Kier alpha value is -1.73. The van der Waals surface area contributed by atoms with Crippen LogP contribution in [0.4, 0.5) is 0 Å². The van der Waals surface area contributed by atoms with E-state index >= 15 is 0 Å². The van der Waals surface area contributed by atoms with Crippen LogP contribution in [-0.2, 0) is 20.9 Å². The molecule has 1 aromatic heterocycles. The molecule has 1 fully saturated rings. The van der Waals surface area contributed by atoms with Crippen LogP contribution >= 0.6 is 11.3 Å². The van der Waals surface area contributed by atoms with Gasteiger partial charge in [0, 0.05) is 24.2 Å². The van der Waals surface area contributed by atoms with Gasteiger partial charge in [0.05, 0.1) is 12.7 Å². The second kappa shape index (κ2) is 6.41. The van der Waals surface area contributed by atoms with E-state index in [0.717, 1.165) is 17.1 Å². The molecule has 2 heterocycles. The van der Waals surface area contributed by atoms with Crippen molar-refractivity contribution in [1.82, 2.24) is 9.88 Å². The van der Waals surface area contributed by atoms with Gasteiger partial charge in [0.2, 0.25) is 5.91 Å². The highest BCUT2D eigenvalue weighted by molar-refractivity contribution is 7.09. The third kappa shape index (κ3) is 3.16. The molecule has 1 N–H and O–H groups in total. The largest absolute Gasteiger partial charge is 0.480 e. The van der Waals surface area contributed by atoms with Crippen LogP contribution < -0.4 is 0 Å². The first-order valence-corrected chi connectivity index (χ1v) is 8.59. The molecule has 0 spiro atoms. The van der Waals surface area contributed by atoms with E-state index in [-0.39, 0.29) is 24.9 Å². The lowest BCUT2D eigenvalue weighted by Gasteiger charge is -2.28. The van der Waals surface area contributed by atoms with E-state index < -0.39 is 11.4 Å². The van der Waals surface area contributed by atoms with E-state index in [1.807, 2.05) is 12.3 Å². The summed E-state index contributed by atoms with van der Waals surface area (Å²) in [7, 11) is 0. The molecule has 1 aliphatic heterocycles. The monoisotopic (exact) mass is 336 g/mol. The van der Waals surface area contributed by atoms with Crippen molar-refractivity contribution in [3.05, 3.63) is 28.2 Å². The number of hydrogen-bond donors (Lipinski definition) is 1. The molecule has 3 rings (SSSR count). The van der Waals surface area contributed by atoms with Crippen molar-refractivity contribution in [3.8, 4) is 0 Å². The predicted molar refractivity (Wildman–Crippen MR) is 85.1 cm³/mol. The fourth-order valence-electron chi connectivity index (χ4n) is 3.10. The fraction of sp³-hybridized carbons (Fsp3) is 0.562. The van der Waals surface area contributed by atoms with Crippen LogP contribution in [0.1, 0.15) is 30.0 Å². The number of aromatic nitrogens is 1. The number of likely N-dealkylation sites (tertiary alicyclic amines) is 1. The average molecular weight is 336 g/mol. The summed E-state index contributed by atoms with van der Waals surface area (Å²) in [5.74, 6) is -1.32. The number of ether oxygens (including phenoxy) is 1. The number of thiazole rings is 1. The molecule has 0 saturated carbocycles. The van der Waals surface area contributed by atoms with E-state index in [4.69, 9.17) is 4.74 Å². The zero-order valence-electron chi connectivity index (χ0n) is 13.0. The van der Waals surface area contributed by atoms with Crippen molar-refractivity contribution in [3.63, 3.8) is 0 Å². The quantitative estimate of drug-likeness (QED) is 0.657. The zero-order valence-corrected chi connectivity index (χ0v) is 13.8. The summed E-state index contributed by atoms with van der Waals surface area (Å²) in [6, 6.07) is 0. The van der Waals surface area contributed by atoms with Gasteiger partial charge in [-0.15, -0.1) is 11.3 Å². The summed E-state index contributed by atoms with van der Waals surface area (Å²) in [4.78, 5) is 30.3. The van der Waals surface area contributed by atoms with Crippen LogP contribution in [0.15, 0.2) is 17.5 Å². The molecule has 6 nitrogen and oxygen atoms in total. The molecule has 23 heavy (non-hydrogen) atoms. The normalized spacial score (nSPS) is 22.7. The van der Waals surface area contributed by atoms with Crippen LogP contribution in [0.25, 0.3) is 0 Å². The Kier molecular flexibility index (Phi) is 4.50. The lowest BCUT2D eigenvalue weighted by atomic mass is 9.84. The van der Waals surface area contributed by atoms with E-state index in [0.29, 0.717) is 19.7 Å². The minimum Gasteiger partial charge on any atom is -0.480 e. The smallest absolute Gasteiger partial charge is 0.319 e. The first-order chi connectivity index (χ1) is 11.0. The van der Waals surface area contributed by atoms with Gasteiger partial charge >= 0.3 is 5.97 Å². The molecule has 1 aromatic rings. The number of carbonyl (C=O) groups excluding carboxylic acids is 1. The maximum atomic E-state index is 12.7. The molecule has 1 atom stereocenters. The van der Waals surface area contributed by atoms with Crippen molar-refractivity contribution >= 4 is 23.2 Å². The molecule has 7 heteroatoms. The molecule has 1 aliphatic carbocycles. The maximum absolute atomic E-state index is 12.7. The van der Waals surface area contributed by atoms with Crippen LogP contribution in [0.3, 0.4) is 0 Å². The number of carboxylic acids is 1. The lowest BCUT2D eigenvalue weighted by molar-refractivity contribution is -0.159. The van der Waals surface area contributed by atoms with Crippen molar-refractivity contribution in [2.24, 2.45) is 5.41 Å². The third-order valence-electron chi connectivity index (χ3n) is 4.46. The molecule has 0 aromatic carbocycles.